The molecule has 2 bridgehead atoms. The Bertz CT molecular complexity index is 549. The van der Waals surface area contributed by atoms with Crippen LogP contribution in [0, 0.1) is 0 Å². The lowest BCUT2D eigenvalue weighted by Crippen LogP contribution is -2.56. The number of nitrogens with zero attached hydrogens (tertiary/aromatic N) is 3. The summed E-state index contributed by atoms with van der Waals surface area (Å²) in [5.74, 6) is -0.667. The monoisotopic (exact) mass is 295 g/mol. The molecule has 108 valence electrons. The Kier molecular flexibility index (Phi) is 3.57. The van der Waals surface area contributed by atoms with Gasteiger partial charge < -0.3 is 4.74 Å². The van der Waals surface area contributed by atoms with Gasteiger partial charge in [-0.25, -0.2) is 9.78 Å². The number of rotatable bonds is 3. The van der Waals surface area contributed by atoms with Crippen molar-refractivity contribution in [1.82, 2.24) is 14.8 Å². The Labute approximate surface area is 121 Å². The van der Waals surface area contributed by atoms with Gasteiger partial charge in [-0.15, -0.1) is 11.3 Å². The highest BCUT2D eigenvalue weighted by Crippen LogP contribution is 2.33. The highest BCUT2D eigenvalue weighted by molar-refractivity contribution is 7.14. The summed E-state index contributed by atoms with van der Waals surface area (Å²) in [4.78, 5) is 33.0. The van der Waals surface area contributed by atoms with Gasteiger partial charge in [-0.2, -0.15) is 0 Å². The van der Waals surface area contributed by atoms with E-state index in [9.17, 15) is 9.59 Å². The van der Waals surface area contributed by atoms with E-state index in [1.54, 1.807) is 0 Å². The molecular formula is C13H17N3O3S. The number of hydrogen-bond donors (Lipinski definition) is 0. The first-order chi connectivity index (χ1) is 9.60. The van der Waals surface area contributed by atoms with E-state index in [0.717, 1.165) is 37.7 Å². The fourth-order valence-corrected chi connectivity index (χ4v) is 3.88. The molecule has 0 aliphatic carbocycles. The van der Waals surface area contributed by atoms with Gasteiger partial charge in [-0.1, -0.05) is 0 Å². The third-order valence-corrected chi connectivity index (χ3v) is 5.16. The van der Waals surface area contributed by atoms with Crippen molar-refractivity contribution >= 4 is 23.1 Å². The number of piperazine rings is 3. The number of methoxy groups -OCH3 is 1. The van der Waals surface area contributed by atoms with Crippen molar-refractivity contribution in [3.63, 3.8) is 0 Å². The van der Waals surface area contributed by atoms with Gasteiger partial charge in [0.25, 0.3) is 0 Å². The highest BCUT2D eigenvalue weighted by Gasteiger charge is 2.36. The zero-order valence-electron chi connectivity index (χ0n) is 11.6. The number of aromatic nitrogens is 1. The van der Waals surface area contributed by atoms with Crippen molar-refractivity contribution in [3.05, 3.63) is 15.6 Å². The van der Waals surface area contributed by atoms with E-state index in [2.05, 4.69) is 14.8 Å². The molecule has 0 amide bonds. The third kappa shape index (κ3) is 2.25. The van der Waals surface area contributed by atoms with Crippen molar-refractivity contribution < 1.29 is 14.3 Å². The number of thiazole rings is 1. The maximum Gasteiger partial charge on any atom is 0.358 e. The molecule has 3 aliphatic heterocycles. The second-order valence-corrected chi connectivity index (χ2v) is 6.16. The fraction of sp³-hybridized carbons (Fsp3) is 0.615. The summed E-state index contributed by atoms with van der Waals surface area (Å²) in [6.07, 6.45) is 0. The number of Topliss-reactive ketones (excluding diaryl/α,β-unsaturated/α-hetero) is 1. The van der Waals surface area contributed by atoms with Crippen LogP contribution in [-0.2, 0) is 4.74 Å². The number of hydrogen-bond acceptors (Lipinski definition) is 7. The largest absolute Gasteiger partial charge is 0.464 e. The van der Waals surface area contributed by atoms with Gasteiger partial charge in [0, 0.05) is 39.6 Å². The van der Waals surface area contributed by atoms with Crippen LogP contribution in [-0.4, -0.2) is 66.4 Å². The first-order valence-corrected chi connectivity index (χ1v) is 7.48. The van der Waals surface area contributed by atoms with Crippen LogP contribution in [0.4, 0.5) is 0 Å². The fourth-order valence-electron chi connectivity index (χ4n) is 2.80. The number of carbonyl (C=O) groups is 2. The molecule has 0 aromatic carbocycles. The lowest BCUT2D eigenvalue weighted by molar-refractivity contribution is 0.0121. The topological polar surface area (TPSA) is 62.7 Å². The zero-order valence-corrected chi connectivity index (χ0v) is 12.4. The van der Waals surface area contributed by atoms with E-state index >= 15 is 0 Å². The summed E-state index contributed by atoms with van der Waals surface area (Å²) < 4.78 is 4.72. The smallest absolute Gasteiger partial charge is 0.358 e. The average Bonchev–Trinajstić information content (AvgIpc) is 2.93. The minimum Gasteiger partial charge on any atom is -0.464 e. The molecular weight excluding hydrogens is 278 g/mol. The van der Waals surface area contributed by atoms with Crippen LogP contribution in [0.25, 0.3) is 0 Å². The van der Waals surface area contributed by atoms with Crippen LogP contribution in [0.1, 0.15) is 38.1 Å². The minimum atomic E-state index is -0.533. The molecule has 6 nitrogen and oxygen atoms in total. The van der Waals surface area contributed by atoms with Crippen molar-refractivity contribution in [1.29, 1.82) is 0 Å². The molecule has 1 aromatic rings. The van der Waals surface area contributed by atoms with Gasteiger partial charge in [0.05, 0.1) is 13.2 Å². The van der Waals surface area contributed by atoms with E-state index in [1.165, 1.54) is 25.4 Å². The second kappa shape index (κ2) is 5.23. The van der Waals surface area contributed by atoms with Gasteiger partial charge in [0.15, 0.2) is 11.5 Å². The molecule has 1 aromatic heterocycles. The molecule has 0 N–H and O–H groups in total. The lowest BCUT2D eigenvalue weighted by atomic mass is 10.1. The molecule has 1 atom stereocenters. The van der Waals surface area contributed by atoms with Gasteiger partial charge in [-0.05, 0) is 0 Å². The Morgan fingerprint density at radius 2 is 2.00 bits per heavy atom. The van der Waals surface area contributed by atoms with Crippen LogP contribution >= 0.6 is 11.3 Å². The van der Waals surface area contributed by atoms with E-state index in [4.69, 9.17) is 4.74 Å². The van der Waals surface area contributed by atoms with Crippen molar-refractivity contribution in [3.8, 4) is 0 Å². The zero-order chi connectivity index (χ0) is 14.3. The summed E-state index contributed by atoms with van der Waals surface area (Å²) >= 11 is 1.33. The summed E-state index contributed by atoms with van der Waals surface area (Å²) in [5, 5.41) is 0.847. The Morgan fingerprint density at radius 3 is 2.50 bits per heavy atom. The van der Waals surface area contributed by atoms with Crippen LogP contribution < -0.4 is 0 Å². The van der Waals surface area contributed by atoms with E-state index in [-0.39, 0.29) is 17.5 Å². The molecule has 4 rings (SSSR count). The van der Waals surface area contributed by atoms with Gasteiger partial charge in [0.2, 0.25) is 0 Å². The summed E-state index contributed by atoms with van der Waals surface area (Å²) in [7, 11) is 1.31. The Balaban J connectivity index is 1.94. The molecule has 20 heavy (non-hydrogen) atoms. The molecule has 3 fully saturated rings. The maximum absolute atomic E-state index is 11.7. The Hall–Kier alpha value is -1.31. The van der Waals surface area contributed by atoms with Gasteiger partial charge in [-0.3, -0.25) is 14.6 Å². The van der Waals surface area contributed by atoms with Crippen LogP contribution in [0.15, 0.2) is 0 Å². The van der Waals surface area contributed by atoms with E-state index in [1.807, 2.05) is 0 Å². The van der Waals surface area contributed by atoms with Gasteiger partial charge in [0.1, 0.15) is 9.88 Å². The number of carbonyl (C=O) groups excluding carboxylic acids is 2. The SMILES string of the molecule is COC(=O)c1nc(C2CN3CCN2CC3)sc1C(C)=O. The van der Waals surface area contributed by atoms with Crippen molar-refractivity contribution in [2.75, 3.05) is 39.8 Å². The number of fused-ring (bicyclic) bond motifs is 3. The normalized spacial score (nSPS) is 28.4. The van der Waals surface area contributed by atoms with Crippen LogP contribution in [0.3, 0.4) is 0 Å². The highest BCUT2D eigenvalue weighted by atomic mass is 32.1. The average molecular weight is 295 g/mol. The quantitative estimate of drug-likeness (QED) is 0.607. The molecule has 1 unspecified atom stereocenters. The first kappa shape index (κ1) is 13.7. The minimum absolute atomic E-state index is 0.134. The number of ketones is 1. The second-order valence-electron chi connectivity index (χ2n) is 5.13. The third-order valence-electron chi connectivity index (χ3n) is 3.91. The van der Waals surface area contributed by atoms with Crippen molar-refractivity contribution in [2.24, 2.45) is 0 Å². The van der Waals surface area contributed by atoms with E-state index in [0.29, 0.717) is 4.88 Å². The molecule has 3 saturated heterocycles. The first-order valence-electron chi connectivity index (χ1n) is 6.66. The molecule has 3 aliphatic rings. The number of esters is 1. The molecule has 0 spiro atoms. The number of ether oxygens (including phenoxy) is 1. The van der Waals surface area contributed by atoms with Crippen LogP contribution in [0.5, 0.6) is 0 Å². The predicted molar refractivity (Wildman–Crippen MR) is 74.2 cm³/mol. The van der Waals surface area contributed by atoms with Gasteiger partial charge >= 0.3 is 5.97 Å². The predicted octanol–water partition coefficient (Wildman–Crippen LogP) is 0.805. The standard InChI is InChI=1S/C13H17N3O3S/c1-8(17)11-10(13(18)19-2)14-12(20-11)9-7-15-3-5-16(9)6-4-15/h9H,3-7H2,1-2H3. The van der Waals surface area contributed by atoms with Crippen LogP contribution in [0.2, 0.25) is 0 Å². The summed E-state index contributed by atoms with van der Waals surface area (Å²) in [6, 6.07) is 0.194. The lowest BCUT2D eigenvalue weighted by Gasteiger charge is -2.46. The molecule has 0 saturated carbocycles. The summed E-state index contributed by atoms with van der Waals surface area (Å²) in [5.41, 5.74) is 0.164. The van der Waals surface area contributed by atoms with E-state index < -0.39 is 5.97 Å². The molecule has 7 heteroatoms. The Morgan fingerprint density at radius 1 is 1.30 bits per heavy atom. The summed E-state index contributed by atoms with van der Waals surface area (Å²) in [6.45, 7) is 6.60. The molecule has 4 heterocycles. The maximum atomic E-state index is 11.7. The van der Waals surface area contributed by atoms with Crippen molar-refractivity contribution in [2.45, 2.75) is 13.0 Å². The molecule has 0 radical (unpaired) electrons.